The van der Waals surface area contributed by atoms with Crippen molar-refractivity contribution in [2.45, 2.75) is 13.8 Å². The third-order valence-corrected chi connectivity index (χ3v) is 5.79. The van der Waals surface area contributed by atoms with Gasteiger partial charge in [-0.1, -0.05) is 41.9 Å². The summed E-state index contributed by atoms with van der Waals surface area (Å²) in [6.45, 7) is 4.07. The van der Waals surface area contributed by atoms with Gasteiger partial charge in [-0.05, 0) is 61.4 Å². The van der Waals surface area contributed by atoms with Crippen molar-refractivity contribution in [1.82, 2.24) is 15.1 Å². The van der Waals surface area contributed by atoms with Crippen LogP contribution in [0, 0.1) is 13.8 Å². The zero-order valence-corrected chi connectivity index (χ0v) is 19.3. The van der Waals surface area contributed by atoms with Gasteiger partial charge in [-0.2, -0.15) is 5.10 Å². The minimum Gasteiger partial charge on any atom is -0.355 e. The lowest BCUT2D eigenvalue weighted by Crippen LogP contribution is -2.19. The second kappa shape index (κ2) is 9.30. The lowest BCUT2D eigenvalue weighted by Gasteiger charge is -2.09. The molecule has 166 valence electrons. The van der Waals surface area contributed by atoms with Crippen LogP contribution in [0.5, 0.6) is 0 Å². The Morgan fingerprint density at radius 2 is 1.64 bits per heavy atom. The van der Waals surface area contributed by atoms with Crippen LogP contribution in [0.2, 0.25) is 5.02 Å². The highest BCUT2D eigenvalue weighted by atomic mass is 35.5. The van der Waals surface area contributed by atoms with Gasteiger partial charge in [0.05, 0.1) is 21.8 Å². The zero-order valence-electron chi connectivity index (χ0n) is 18.5. The van der Waals surface area contributed by atoms with Gasteiger partial charge in [0.2, 0.25) is 0 Å². The molecule has 0 radical (unpaired) electrons. The number of halogens is 1. The van der Waals surface area contributed by atoms with Gasteiger partial charge < -0.3 is 10.6 Å². The van der Waals surface area contributed by atoms with E-state index in [0.29, 0.717) is 22.0 Å². The summed E-state index contributed by atoms with van der Waals surface area (Å²) in [5.41, 5.74) is 5.69. The molecule has 0 bridgehead atoms. The molecular weight excluding hydrogens is 436 g/mol. The van der Waals surface area contributed by atoms with E-state index in [2.05, 4.69) is 10.6 Å². The van der Waals surface area contributed by atoms with Crippen LogP contribution in [0.3, 0.4) is 0 Å². The van der Waals surface area contributed by atoms with Crippen molar-refractivity contribution >= 4 is 29.1 Å². The Hall–Kier alpha value is -3.90. The van der Waals surface area contributed by atoms with Gasteiger partial charge >= 0.3 is 0 Å². The smallest absolute Gasteiger partial charge is 0.259 e. The molecular formula is C26H23ClN4O2. The Kier molecular flexibility index (Phi) is 6.29. The quantitative estimate of drug-likeness (QED) is 0.419. The molecule has 3 aromatic carbocycles. The Morgan fingerprint density at radius 1 is 0.879 bits per heavy atom. The number of aromatic nitrogens is 2. The molecule has 2 amide bonds. The first-order valence-electron chi connectivity index (χ1n) is 10.4. The standard InChI is InChI=1S/C26H23ClN4O2/c1-16-9-10-18(13-17(16)2)24-22(15-31(30-24)20-7-5-4-6-8-20)26(33)29-19-11-12-23(27)21(14-19)25(32)28-3/h4-15H,1-3H3,(H,28,32)(H,29,33). The molecule has 0 aliphatic heterocycles. The lowest BCUT2D eigenvalue weighted by molar-refractivity contribution is 0.0961. The molecule has 1 aromatic heterocycles. The second-order valence-corrected chi connectivity index (χ2v) is 8.11. The fourth-order valence-corrected chi connectivity index (χ4v) is 3.67. The highest BCUT2D eigenvalue weighted by molar-refractivity contribution is 6.34. The van der Waals surface area contributed by atoms with E-state index in [9.17, 15) is 9.59 Å². The molecule has 4 rings (SSSR count). The van der Waals surface area contributed by atoms with E-state index >= 15 is 0 Å². The summed E-state index contributed by atoms with van der Waals surface area (Å²) in [6.07, 6.45) is 1.71. The van der Waals surface area contributed by atoms with E-state index in [0.717, 1.165) is 22.4 Å². The van der Waals surface area contributed by atoms with Crippen molar-refractivity contribution in [2.24, 2.45) is 0 Å². The van der Waals surface area contributed by atoms with Gasteiger partial charge in [-0.25, -0.2) is 4.68 Å². The Morgan fingerprint density at radius 3 is 2.33 bits per heavy atom. The van der Waals surface area contributed by atoms with Crippen LogP contribution in [0.4, 0.5) is 5.69 Å². The molecule has 4 aromatic rings. The number of amides is 2. The largest absolute Gasteiger partial charge is 0.355 e. The zero-order chi connectivity index (χ0) is 23.5. The molecule has 0 spiro atoms. The summed E-state index contributed by atoms with van der Waals surface area (Å²) in [6, 6.07) is 20.4. The Bertz CT molecular complexity index is 1350. The van der Waals surface area contributed by atoms with E-state index in [-0.39, 0.29) is 17.4 Å². The second-order valence-electron chi connectivity index (χ2n) is 7.70. The molecule has 33 heavy (non-hydrogen) atoms. The average Bonchev–Trinajstić information content (AvgIpc) is 3.28. The van der Waals surface area contributed by atoms with Gasteiger partial charge in [-0.3, -0.25) is 9.59 Å². The molecule has 7 heteroatoms. The monoisotopic (exact) mass is 458 g/mol. The lowest BCUT2D eigenvalue weighted by atomic mass is 10.0. The minimum absolute atomic E-state index is 0.284. The van der Waals surface area contributed by atoms with Crippen LogP contribution in [0.15, 0.2) is 72.9 Å². The molecule has 0 aliphatic carbocycles. The molecule has 0 fully saturated rings. The van der Waals surface area contributed by atoms with Crippen LogP contribution in [-0.2, 0) is 0 Å². The summed E-state index contributed by atoms with van der Waals surface area (Å²) < 4.78 is 1.69. The number of nitrogens with zero attached hydrogens (tertiary/aromatic N) is 2. The number of aryl methyl sites for hydroxylation is 2. The van der Waals surface area contributed by atoms with Crippen LogP contribution in [0.25, 0.3) is 16.9 Å². The number of hydrogen-bond donors (Lipinski definition) is 2. The summed E-state index contributed by atoms with van der Waals surface area (Å²) >= 11 is 6.14. The molecule has 0 unspecified atom stereocenters. The average molecular weight is 459 g/mol. The summed E-state index contributed by atoms with van der Waals surface area (Å²) in [7, 11) is 1.53. The number of anilines is 1. The summed E-state index contributed by atoms with van der Waals surface area (Å²) in [5, 5.41) is 10.5. The molecule has 0 saturated carbocycles. The van der Waals surface area contributed by atoms with Crippen molar-refractivity contribution < 1.29 is 9.59 Å². The maximum Gasteiger partial charge on any atom is 0.259 e. The van der Waals surface area contributed by atoms with E-state index in [1.807, 2.05) is 62.4 Å². The molecule has 0 atom stereocenters. The van der Waals surface area contributed by atoms with Gasteiger partial charge in [-0.15, -0.1) is 0 Å². The van der Waals surface area contributed by atoms with E-state index in [1.54, 1.807) is 29.1 Å². The van der Waals surface area contributed by atoms with Gasteiger partial charge in [0.1, 0.15) is 5.69 Å². The van der Waals surface area contributed by atoms with Crippen molar-refractivity contribution in [3.8, 4) is 16.9 Å². The van der Waals surface area contributed by atoms with E-state index < -0.39 is 0 Å². The van der Waals surface area contributed by atoms with Crippen LogP contribution >= 0.6 is 11.6 Å². The van der Waals surface area contributed by atoms with Crippen molar-refractivity contribution in [2.75, 3.05) is 12.4 Å². The Labute approximate surface area is 197 Å². The molecule has 6 nitrogen and oxygen atoms in total. The third kappa shape index (κ3) is 4.66. The van der Waals surface area contributed by atoms with Crippen LogP contribution in [-0.4, -0.2) is 28.6 Å². The predicted molar refractivity (Wildman–Crippen MR) is 131 cm³/mol. The maximum atomic E-state index is 13.3. The number of carbonyl (C=O) groups is 2. The SMILES string of the molecule is CNC(=O)c1cc(NC(=O)c2cn(-c3ccccc3)nc2-c2ccc(C)c(C)c2)ccc1Cl. The topological polar surface area (TPSA) is 76.0 Å². The number of benzene rings is 3. The third-order valence-electron chi connectivity index (χ3n) is 5.46. The minimum atomic E-state index is -0.337. The normalized spacial score (nSPS) is 10.7. The first-order valence-corrected chi connectivity index (χ1v) is 10.8. The maximum absolute atomic E-state index is 13.3. The Balaban J connectivity index is 1.76. The number of hydrogen-bond acceptors (Lipinski definition) is 3. The summed E-state index contributed by atoms with van der Waals surface area (Å²) in [5.74, 6) is -0.667. The van der Waals surface area contributed by atoms with Crippen molar-refractivity contribution in [3.05, 3.63) is 100 Å². The molecule has 1 heterocycles. The predicted octanol–water partition coefficient (Wildman–Crippen LogP) is 5.42. The first kappa shape index (κ1) is 22.3. The fraction of sp³-hybridized carbons (Fsp3) is 0.115. The van der Waals surface area contributed by atoms with Crippen LogP contribution < -0.4 is 10.6 Å². The van der Waals surface area contributed by atoms with E-state index in [4.69, 9.17) is 16.7 Å². The number of rotatable bonds is 5. The summed E-state index contributed by atoms with van der Waals surface area (Å²) in [4.78, 5) is 25.4. The van der Waals surface area contributed by atoms with Gasteiger partial charge in [0, 0.05) is 24.5 Å². The number of para-hydroxylation sites is 1. The highest BCUT2D eigenvalue weighted by Gasteiger charge is 2.20. The molecule has 0 aliphatic rings. The van der Waals surface area contributed by atoms with Crippen LogP contribution in [0.1, 0.15) is 31.8 Å². The van der Waals surface area contributed by atoms with Gasteiger partial charge in [0.15, 0.2) is 0 Å². The fourth-order valence-electron chi connectivity index (χ4n) is 3.47. The molecule has 2 N–H and O–H groups in total. The highest BCUT2D eigenvalue weighted by Crippen LogP contribution is 2.27. The van der Waals surface area contributed by atoms with Crippen molar-refractivity contribution in [3.63, 3.8) is 0 Å². The van der Waals surface area contributed by atoms with Gasteiger partial charge in [0.25, 0.3) is 11.8 Å². The van der Waals surface area contributed by atoms with Crippen molar-refractivity contribution in [1.29, 1.82) is 0 Å². The number of carbonyl (C=O) groups excluding carboxylic acids is 2. The number of nitrogens with one attached hydrogen (secondary N) is 2. The first-order chi connectivity index (χ1) is 15.9. The van der Waals surface area contributed by atoms with E-state index in [1.165, 1.54) is 7.05 Å². The molecule has 0 saturated heterocycles.